The molecule has 3 nitrogen and oxygen atoms in total. The van der Waals surface area contributed by atoms with Gasteiger partial charge in [-0.05, 0) is 103 Å². The van der Waals surface area contributed by atoms with Gasteiger partial charge in [0.05, 0.1) is 16.9 Å². The van der Waals surface area contributed by atoms with E-state index in [1.165, 1.54) is 70.4 Å². The van der Waals surface area contributed by atoms with Crippen molar-refractivity contribution in [2.75, 3.05) is 0 Å². The smallest absolute Gasteiger partial charge is 0 e. The second kappa shape index (κ2) is 21.9. The van der Waals surface area contributed by atoms with Gasteiger partial charge >= 0.3 is 135 Å². The SMILES string of the molecule is CC(C)c1cc(-c2ccccc2)cc(C(C)C)c1-n1c(-c2[c-]ccc3c2sc2ccc(-c4ccccc4-c4ccccc4)cc23)nc2ccccc21.[2H]C([2H])(c1cc(-c2[c-]cccc2)nc[c]1[Ge]([CH3])([CH3])[CH3])C(C)(C)C.[Ir]. The molecule has 0 unspecified atom stereocenters. The first-order valence-electron chi connectivity index (χ1n) is 26.6. The van der Waals surface area contributed by atoms with Gasteiger partial charge in [-0.25, -0.2) is 0 Å². The summed E-state index contributed by atoms with van der Waals surface area (Å²) in [6, 6.07) is 71.4. The molecule has 1 radical (unpaired) electrons. The van der Waals surface area contributed by atoms with Crippen molar-refractivity contribution in [3.05, 3.63) is 217 Å². The van der Waals surface area contributed by atoms with Crippen LogP contribution in [0.1, 0.15) is 79.7 Å². The Labute approximate surface area is 462 Å². The minimum Gasteiger partial charge on any atom is 0 e. The number of para-hydroxylation sites is 2. The molecule has 74 heavy (non-hydrogen) atoms. The van der Waals surface area contributed by atoms with E-state index in [-0.39, 0.29) is 20.1 Å². The number of benzene rings is 8. The first-order chi connectivity index (χ1) is 35.9. The van der Waals surface area contributed by atoms with E-state index in [9.17, 15) is 0 Å². The fourth-order valence-corrected chi connectivity index (χ4v) is 14.1. The molecule has 0 bridgehead atoms. The zero-order valence-electron chi connectivity index (χ0n) is 46.1. The summed E-state index contributed by atoms with van der Waals surface area (Å²) in [5.41, 5.74) is 16.5. The van der Waals surface area contributed by atoms with Crippen LogP contribution in [0.3, 0.4) is 0 Å². The molecule has 0 N–H and O–H groups in total. The zero-order chi connectivity index (χ0) is 52.8. The van der Waals surface area contributed by atoms with Crippen LogP contribution in [-0.2, 0) is 26.5 Å². The van der Waals surface area contributed by atoms with Gasteiger partial charge in [-0.3, -0.25) is 4.98 Å². The normalized spacial score (nSPS) is 12.4. The van der Waals surface area contributed by atoms with Crippen molar-refractivity contribution in [1.82, 2.24) is 14.5 Å². The first kappa shape index (κ1) is 50.0. The Bertz CT molecular complexity index is 3800. The van der Waals surface area contributed by atoms with Gasteiger partial charge in [-0.2, -0.15) is 11.3 Å². The van der Waals surface area contributed by atoms with Crippen LogP contribution in [0.2, 0.25) is 17.3 Å². The predicted octanol–water partition coefficient (Wildman–Crippen LogP) is 18.8. The number of hydrogen-bond acceptors (Lipinski definition) is 3. The fraction of sp³-hybridized carbons (Fsp3) is 0.206. The Kier molecular flexibility index (Phi) is 14.8. The van der Waals surface area contributed by atoms with Crippen LogP contribution in [-0.4, -0.2) is 27.8 Å². The maximum atomic E-state index is 8.76. The molecule has 0 saturated carbocycles. The Morgan fingerprint density at radius 2 is 1.24 bits per heavy atom. The summed E-state index contributed by atoms with van der Waals surface area (Å²) in [7, 11) is 0. The summed E-state index contributed by atoms with van der Waals surface area (Å²) < 4.78 is 23.6. The topological polar surface area (TPSA) is 30.7 Å². The average molecular weight is 1220 g/mol. The number of hydrogen-bond donors (Lipinski definition) is 0. The van der Waals surface area contributed by atoms with E-state index in [0.717, 1.165) is 43.6 Å². The van der Waals surface area contributed by atoms with E-state index in [4.69, 9.17) is 7.73 Å². The fourth-order valence-electron chi connectivity index (χ4n) is 9.98. The van der Waals surface area contributed by atoms with Gasteiger partial charge in [0.2, 0.25) is 0 Å². The van der Waals surface area contributed by atoms with Crippen LogP contribution >= 0.6 is 11.3 Å². The standard InChI is InChI=1S/C49H39N2S.C19H26GeN.Ir/c1-31(2)41-29-36(33-16-7-5-8-17-33)30-42(32(3)4)47(41)51-45-25-14-13-24-44(45)50-49(51)40-23-15-22-39-43-28-35(26-27-46(43)52-48(39)40)38-21-12-11-20-37(38)34-18-9-6-10-19-34;1-19(2,3)13-16-12-18(15-10-8-7-9-11-15)21-14-17(16)20(4,5)6;/h5-22,24-32H,1-4H3;7-10,12,14H,13H2,1-6H3;/q2*-1;/i;13D2;. The van der Waals surface area contributed by atoms with E-state index in [1.807, 2.05) is 68.6 Å². The molecule has 0 saturated heterocycles. The second-order valence-electron chi connectivity index (χ2n) is 21.8. The summed E-state index contributed by atoms with van der Waals surface area (Å²) in [5.74, 6) is 8.39. The van der Waals surface area contributed by atoms with E-state index < -0.39 is 25.1 Å². The summed E-state index contributed by atoms with van der Waals surface area (Å²) in [6.07, 6.45) is 0.502. The van der Waals surface area contributed by atoms with Crippen molar-refractivity contribution in [2.45, 2.75) is 83.9 Å². The molecule has 0 aliphatic heterocycles. The third kappa shape index (κ3) is 11.0. The zero-order valence-corrected chi connectivity index (χ0v) is 49.4. The molecule has 11 aromatic rings. The third-order valence-electron chi connectivity index (χ3n) is 13.5. The van der Waals surface area contributed by atoms with Gasteiger partial charge in [0, 0.05) is 30.5 Å². The molecule has 0 aliphatic rings. The molecule has 3 aromatic heterocycles. The van der Waals surface area contributed by atoms with Crippen molar-refractivity contribution >= 4 is 60.2 Å². The summed E-state index contributed by atoms with van der Waals surface area (Å²) in [4.78, 5) is 10.0. The van der Waals surface area contributed by atoms with Crippen LogP contribution in [0.5, 0.6) is 0 Å². The molecule has 11 rings (SSSR count). The van der Waals surface area contributed by atoms with Gasteiger partial charge < -0.3 is 4.57 Å². The average Bonchev–Trinajstić information content (AvgIpc) is 4.11. The van der Waals surface area contributed by atoms with Crippen LogP contribution in [0.4, 0.5) is 0 Å². The molecule has 3 heterocycles. The summed E-state index contributed by atoms with van der Waals surface area (Å²) >= 11 is -0.403. The monoisotopic (exact) mass is 1220 g/mol. The second-order valence-corrected chi connectivity index (χ2v) is 33.4. The summed E-state index contributed by atoms with van der Waals surface area (Å²) in [6.45, 7) is 15.1. The summed E-state index contributed by atoms with van der Waals surface area (Å²) in [5, 5.41) is 2.50. The maximum Gasteiger partial charge on any atom is 0 e. The van der Waals surface area contributed by atoms with Gasteiger partial charge in [0.15, 0.2) is 0 Å². The Morgan fingerprint density at radius 3 is 1.88 bits per heavy atom. The van der Waals surface area contributed by atoms with E-state index in [2.05, 4.69) is 218 Å². The molecule has 373 valence electrons. The number of imidazole rings is 1. The van der Waals surface area contributed by atoms with E-state index in [0.29, 0.717) is 11.8 Å². The van der Waals surface area contributed by atoms with Crippen LogP contribution in [0.25, 0.3) is 92.9 Å². The van der Waals surface area contributed by atoms with E-state index >= 15 is 0 Å². The molecule has 0 spiro atoms. The van der Waals surface area contributed by atoms with Crippen molar-refractivity contribution in [2.24, 2.45) is 5.41 Å². The molecule has 0 amide bonds. The van der Waals surface area contributed by atoms with Gasteiger partial charge in [-0.15, -0.1) is 18.2 Å². The largest absolute Gasteiger partial charge is 0 e. The minimum atomic E-state index is -2.24. The molecule has 6 heteroatoms. The quantitative estimate of drug-likeness (QED) is 0.101. The number of nitrogens with zero attached hydrogens (tertiary/aromatic N) is 3. The number of thiophene rings is 1. The van der Waals surface area contributed by atoms with E-state index in [1.54, 1.807) is 0 Å². The third-order valence-corrected chi connectivity index (χ3v) is 18.9. The van der Waals surface area contributed by atoms with Gasteiger partial charge in [-0.1, -0.05) is 142 Å². The maximum absolute atomic E-state index is 8.76. The van der Waals surface area contributed by atoms with Crippen molar-refractivity contribution < 1.29 is 22.8 Å². The number of pyridine rings is 1. The van der Waals surface area contributed by atoms with Crippen LogP contribution in [0.15, 0.2) is 188 Å². The van der Waals surface area contributed by atoms with Crippen molar-refractivity contribution in [3.63, 3.8) is 0 Å². The Balaban J connectivity index is 0.000000248. The molecule has 0 atom stereocenters. The van der Waals surface area contributed by atoms with Crippen LogP contribution in [0, 0.1) is 17.5 Å². The number of fused-ring (bicyclic) bond motifs is 4. The molecular formula is C68H65GeIrN3S-2. The number of rotatable bonds is 10. The van der Waals surface area contributed by atoms with Gasteiger partial charge in [0.25, 0.3) is 0 Å². The predicted molar refractivity (Wildman–Crippen MR) is 317 cm³/mol. The van der Waals surface area contributed by atoms with Crippen molar-refractivity contribution in [3.8, 4) is 61.7 Å². The Hall–Kier alpha value is -6.21. The van der Waals surface area contributed by atoms with Gasteiger partial charge in [0.1, 0.15) is 0 Å². The van der Waals surface area contributed by atoms with Crippen molar-refractivity contribution in [1.29, 1.82) is 0 Å². The number of aromatic nitrogens is 3. The van der Waals surface area contributed by atoms with Crippen LogP contribution < -0.4 is 4.40 Å². The molecule has 8 aromatic carbocycles. The molecular weight excluding hydrogens is 1160 g/mol. The molecule has 0 aliphatic carbocycles. The molecule has 0 fully saturated rings. The Morgan fingerprint density at radius 1 is 0.622 bits per heavy atom. The first-order valence-corrected chi connectivity index (χ1v) is 33.8. The minimum absolute atomic E-state index is 0.